The van der Waals surface area contributed by atoms with Crippen molar-refractivity contribution in [1.29, 1.82) is 0 Å². The quantitative estimate of drug-likeness (QED) is 0.605. The van der Waals surface area contributed by atoms with Gasteiger partial charge in [0.05, 0.1) is 0 Å². The molecule has 76 valence electrons. The average molecular weight is 190 g/mol. The monoisotopic (exact) mass is 190 g/mol. The first-order valence-electron chi connectivity index (χ1n) is 5.19. The van der Waals surface area contributed by atoms with E-state index in [0.717, 1.165) is 19.3 Å². The van der Waals surface area contributed by atoms with E-state index in [1.54, 1.807) is 6.92 Å². The van der Waals surface area contributed by atoms with Gasteiger partial charge in [-0.15, -0.1) is 0 Å². The van der Waals surface area contributed by atoms with Crippen molar-refractivity contribution >= 4 is 5.78 Å². The van der Waals surface area contributed by atoms with Crippen LogP contribution >= 0.6 is 0 Å². The van der Waals surface area contributed by atoms with E-state index in [1.807, 2.05) is 0 Å². The highest BCUT2D eigenvalue weighted by molar-refractivity contribution is 5.94. The first-order chi connectivity index (χ1) is 6.63. The van der Waals surface area contributed by atoms with Crippen molar-refractivity contribution in [3.63, 3.8) is 0 Å². The molecule has 0 radical (unpaired) electrons. The van der Waals surface area contributed by atoms with E-state index >= 15 is 0 Å². The molecule has 0 saturated heterocycles. The number of carbonyl (C=O) groups is 1. The normalized spacial score (nSPS) is 15.0. The molecule has 0 bridgehead atoms. The number of ketones is 1. The summed E-state index contributed by atoms with van der Waals surface area (Å²) in [5.41, 5.74) is 3.53. The van der Waals surface area contributed by atoms with Gasteiger partial charge in [-0.2, -0.15) is 0 Å². The van der Waals surface area contributed by atoms with Crippen LogP contribution in [0.1, 0.15) is 39.5 Å². The van der Waals surface area contributed by atoms with Gasteiger partial charge in [0.2, 0.25) is 0 Å². The summed E-state index contributed by atoms with van der Waals surface area (Å²) in [6, 6.07) is 0. The summed E-state index contributed by atoms with van der Waals surface area (Å²) in [5.74, 6) is 0.191. The van der Waals surface area contributed by atoms with Crippen LogP contribution in [0.5, 0.6) is 0 Å². The molecule has 1 aliphatic rings. The Labute approximate surface area is 86.2 Å². The molecule has 0 fully saturated rings. The smallest absolute Gasteiger partial charge is 0.158 e. The fraction of sp³-hybridized carbons (Fsp3) is 0.462. The lowest BCUT2D eigenvalue weighted by atomic mass is 10.0. The molecule has 1 aliphatic carbocycles. The number of hydrogen-bond donors (Lipinski definition) is 0. The van der Waals surface area contributed by atoms with E-state index in [4.69, 9.17) is 0 Å². The summed E-state index contributed by atoms with van der Waals surface area (Å²) in [5, 5.41) is 0. The largest absolute Gasteiger partial charge is 0.295 e. The Balaban J connectivity index is 2.29. The standard InChI is InChI=1S/C13H18O/c1-4-11-5-6-12(9-11)7-8-13(14)10(2)3/h5-6H,2,4,7-9H2,1,3H3. The Hall–Kier alpha value is -1.11. The van der Waals surface area contributed by atoms with Crippen molar-refractivity contribution in [3.8, 4) is 0 Å². The van der Waals surface area contributed by atoms with Crippen LogP contribution in [0.3, 0.4) is 0 Å². The Morgan fingerprint density at radius 3 is 2.57 bits per heavy atom. The van der Waals surface area contributed by atoms with Gasteiger partial charge in [-0.25, -0.2) is 0 Å². The maximum atomic E-state index is 11.3. The summed E-state index contributed by atoms with van der Waals surface area (Å²) in [7, 11) is 0. The molecule has 0 aromatic heterocycles. The SMILES string of the molecule is C=C(C)C(=O)CCC1=CC=C(CC)C1. The molecule has 0 amide bonds. The molecule has 0 spiro atoms. The lowest BCUT2D eigenvalue weighted by Crippen LogP contribution is -1.98. The third-order valence-electron chi connectivity index (χ3n) is 2.61. The molecule has 0 N–H and O–H groups in total. The van der Waals surface area contributed by atoms with Crippen LogP contribution in [0.2, 0.25) is 0 Å². The van der Waals surface area contributed by atoms with Crippen LogP contribution in [0, 0.1) is 0 Å². The van der Waals surface area contributed by atoms with Crippen LogP contribution < -0.4 is 0 Å². The lowest BCUT2D eigenvalue weighted by Gasteiger charge is -2.03. The fourth-order valence-electron chi connectivity index (χ4n) is 1.55. The van der Waals surface area contributed by atoms with Gasteiger partial charge in [-0.05, 0) is 31.8 Å². The van der Waals surface area contributed by atoms with E-state index in [9.17, 15) is 4.79 Å². The minimum Gasteiger partial charge on any atom is -0.295 e. The molecular formula is C13H18O. The van der Waals surface area contributed by atoms with Crippen molar-refractivity contribution in [2.45, 2.75) is 39.5 Å². The van der Waals surface area contributed by atoms with Crippen LogP contribution in [0.25, 0.3) is 0 Å². The van der Waals surface area contributed by atoms with Crippen LogP contribution in [0.4, 0.5) is 0 Å². The predicted molar refractivity (Wildman–Crippen MR) is 60.1 cm³/mol. The molecule has 0 saturated carbocycles. The maximum absolute atomic E-state index is 11.3. The van der Waals surface area contributed by atoms with Gasteiger partial charge in [0.25, 0.3) is 0 Å². The number of Topliss-reactive ketones (excluding diaryl/α,β-unsaturated/α-hetero) is 1. The van der Waals surface area contributed by atoms with Crippen molar-refractivity contribution < 1.29 is 4.79 Å². The average Bonchev–Trinajstić information content (AvgIpc) is 2.61. The van der Waals surface area contributed by atoms with Crippen molar-refractivity contribution in [2.24, 2.45) is 0 Å². The van der Waals surface area contributed by atoms with Crippen molar-refractivity contribution in [1.82, 2.24) is 0 Å². The first-order valence-corrected chi connectivity index (χ1v) is 5.19. The van der Waals surface area contributed by atoms with Crippen LogP contribution in [-0.2, 0) is 4.79 Å². The number of carbonyl (C=O) groups excluding carboxylic acids is 1. The molecule has 0 aromatic rings. The molecule has 0 aromatic carbocycles. The van der Waals surface area contributed by atoms with Gasteiger partial charge < -0.3 is 0 Å². The summed E-state index contributed by atoms with van der Waals surface area (Å²) < 4.78 is 0. The van der Waals surface area contributed by atoms with Crippen molar-refractivity contribution in [2.75, 3.05) is 0 Å². The number of allylic oxidation sites excluding steroid dienone is 5. The van der Waals surface area contributed by atoms with Gasteiger partial charge in [-0.3, -0.25) is 4.79 Å². The fourth-order valence-corrected chi connectivity index (χ4v) is 1.55. The minimum atomic E-state index is 0.191. The molecule has 0 aliphatic heterocycles. The van der Waals surface area contributed by atoms with Crippen LogP contribution in [-0.4, -0.2) is 5.78 Å². The Morgan fingerprint density at radius 2 is 2.07 bits per heavy atom. The third-order valence-corrected chi connectivity index (χ3v) is 2.61. The lowest BCUT2D eigenvalue weighted by molar-refractivity contribution is -0.115. The highest BCUT2D eigenvalue weighted by Crippen LogP contribution is 2.24. The summed E-state index contributed by atoms with van der Waals surface area (Å²) in [6.45, 7) is 7.60. The van der Waals surface area contributed by atoms with Gasteiger partial charge in [0.1, 0.15) is 0 Å². The topological polar surface area (TPSA) is 17.1 Å². The second kappa shape index (κ2) is 4.94. The number of rotatable bonds is 5. The first kappa shape index (κ1) is 11.0. The Bertz CT molecular complexity index is 305. The molecule has 14 heavy (non-hydrogen) atoms. The van der Waals surface area contributed by atoms with Crippen LogP contribution in [0.15, 0.2) is 35.5 Å². The highest BCUT2D eigenvalue weighted by Gasteiger charge is 2.09. The van der Waals surface area contributed by atoms with E-state index in [2.05, 4.69) is 25.7 Å². The Morgan fingerprint density at radius 1 is 1.43 bits per heavy atom. The van der Waals surface area contributed by atoms with E-state index in [-0.39, 0.29) is 5.78 Å². The zero-order chi connectivity index (χ0) is 10.6. The summed E-state index contributed by atoms with van der Waals surface area (Å²) in [6.07, 6.45) is 8.04. The molecular weight excluding hydrogens is 172 g/mol. The molecule has 0 unspecified atom stereocenters. The second-order valence-electron chi connectivity index (χ2n) is 3.88. The molecule has 1 rings (SSSR count). The maximum Gasteiger partial charge on any atom is 0.158 e. The van der Waals surface area contributed by atoms with Gasteiger partial charge in [0, 0.05) is 6.42 Å². The Kier molecular flexibility index (Phi) is 3.87. The molecule has 1 nitrogen and oxygen atoms in total. The highest BCUT2D eigenvalue weighted by atomic mass is 16.1. The molecule has 1 heteroatoms. The number of hydrogen-bond acceptors (Lipinski definition) is 1. The van der Waals surface area contributed by atoms with Gasteiger partial charge >= 0.3 is 0 Å². The summed E-state index contributed by atoms with van der Waals surface area (Å²) >= 11 is 0. The van der Waals surface area contributed by atoms with Gasteiger partial charge in [-0.1, -0.05) is 36.8 Å². The van der Waals surface area contributed by atoms with Gasteiger partial charge in [0.15, 0.2) is 5.78 Å². The zero-order valence-corrected chi connectivity index (χ0v) is 9.10. The summed E-state index contributed by atoms with van der Waals surface area (Å²) in [4.78, 5) is 11.3. The second-order valence-corrected chi connectivity index (χ2v) is 3.88. The van der Waals surface area contributed by atoms with E-state index in [1.165, 1.54) is 11.1 Å². The van der Waals surface area contributed by atoms with Crippen molar-refractivity contribution in [3.05, 3.63) is 35.5 Å². The predicted octanol–water partition coefficient (Wildman–Crippen LogP) is 3.58. The molecule has 0 heterocycles. The zero-order valence-electron chi connectivity index (χ0n) is 9.10. The minimum absolute atomic E-state index is 0.191. The molecule has 0 atom stereocenters. The van der Waals surface area contributed by atoms with E-state index < -0.39 is 0 Å². The van der Waals surface area contributed by atoms with E-state index in [0.29, 0.717) is 12.0 Å². The third kappa shape index (κ3) is 2.99.